The Hall–Kier alpha value is -1.75. The van der Waals surface area contributed by atoms with Crippen molar-refractivity contribution in [2.75, 3.05) is 5.73 Å². The number of nitrogens with two attached hydrogens (primary N) is 1. The standard InChI is InChI=1S/C9H8N2O2S/c10-7-5-6(1-2-8(7)12)13-9-11-3-4-14-9/h1-5,12H,10H2. The number of phenolic OH excluding ortho intramolecular Hbond substituents is 1. The Kier molecular flexibility index (Phi) is 2.24. The first-order valence-electron chi connectivity index (χ1n) is 3.91. The van der Waals surface area contributed by atoms with E-state index in [1.54, 1.807) is 18.3 Å². The molecule has 3 N–H and O–H groups in total. The maximum atomic E-state index is 9.18. The zero-order valence-electron chi connectivity index (χ0n) is 7.18. The Morgan fingerprint density at radius 3 is 2.93 bits per heavy atom. The summed E-state index contributed by atoms with van der Waals surface area (Å²) in [6.07, 6.45) is 1.66. The third kappa shape index (κ3) is 1.77. The van der Waals surface area contributed by atoms with Crippen LogP contribution in [-0.4, -0.2) is 10.1 Å². The molecule has 72 valence electrons. The van der Waals surface area contributed by atoms with Gasteiger partial charge in [-0.25, -0.2) is 4.98 Å². The summed E-state index contributed by atoms with van der Waals surface area (Å²) < 4.78 is 5.37. The molecule has 0 unspecified atom stereocenters. The number of anilines is 1. The molecule has 0 aliphatic rings. The molecule has 0 radical (unpaired) electrons. The highest BCUT2D eigenvalue weighted by molar-refractivity contribution is 7.11. The summed E-state index contributed by atoms with van der Waals surface area (Å²) in [6, 6.07) is 4.67. The minimum Gasteiger partial charge on any atom is -0.506 e. The molecule has 1 aromatic carbocycles. The Morgan fingerprint density at radius 1 is 1.43 bits per heavy atom. The highest BCUT2D eigenvalue weighted by Crippen LogP contribution is 2.29. The quantitative estimate of drug-likeness (QED) is 0.586. The smallest absolute Gasteiger partial charge is 0.278 e. The van der Waals surface area contributed by atoms with E-state index in [1.165, 1.54) is 17.4 Å². The third-order valence-electron chi connectivity index (χ3n) is 1.61. The predicted octanol–water partition coefficient (Wildman–Crippen LogP) is 2.22. The number of hydrogen-bond acceptors (Lipinski definition) is 5. The first-order valence-corrected chi connectivity index (χ1v) is 4.79. The fraction of sp³-hybridized carbons (Fsp3) is 0. The van der Waals surface area contributed by atoms with Gasteiger partial charge in [0.2, 0.25) is 0 Å². The first kappa shape index (κ1) is 8.83. The van der Waals surface area contributed by atoms with Gasteiger partial charge >= 0.3 is 0 Å². The van der Waals surface area contributed by atoms with E-state index in [2.05, 4.69) is 4.98 Å². The van der Waals surface area contributed by atoms with Crippen molar-refractivity contribution < 1.29 is 9.84 Å². The van der Waals surface area contributed by atoms with Crippen LogP contribution in [0.3, 0.4) is 0 Å². The van der Waals surface area contributed by atoms with Crippen LogP contribution in [0, 0.1) is 0 Å². The maximum absolute atomic E-state index is 9.18. The topological polar surface area (TPSA) is 68.4 Å². The number of nitrogen functional groups attached to an aromatic ring is 1. The van der Waals surface area contributed by atoms with Crippen LogP contribution in [0.25, 0.3) is 0 Å². The summed E-state index contributed by atoms with van der Waals surface area (Å²) in [5, 5.41) is 11.5. The average Bonchev–Trinajstić information content (AvgIpc) is 2.64. The normalized spacial score (nSPS) is 10.0. The summed E-state index contributed by atoms with van der Waals surface area (Å²) in [5.74, 6) is 0.617. The minimum absolute atomic E-state index is 0.0523. The van der Waals surface area contributed by atoms with Crippen LogP contribution in [0.1, 0.15) is 0 Å². The lowest BCUT2D eigenvalue weighted by Crippen LogP contribution is -1.88. The molecule has 2 aromatic rings. The zero-order valence-corrected chi connectivity index (χ0v) is 7.99. The molecular weight excluding hydrogens is 200 g/mol. The Balaban J connectivity index is 2.22. The van der Waals surface area contributed by atoms with E-state index >= 15 is 0 Å². The predicted molar refractivity (Wildman–Crippen MR) is 54.7 cm³/mol. The van der Waals surface area contributed by atoms with Crippen LogP contribution >= 0.6 is 11.3 Å². The first-order chi connectivity index (χ1) is 6.75. The van der Waals surface area contributed by atoms with Crippen molar-refractivity contribution in [2.45, 2.75) is 0 Å². The van der Waals surface area contributed by atoms with Gasteiger partial charge in [-0.1, -0.05) is 11.3 Å². The molecular formula is C9H8N2O2S. The molecule has 0 aliphatic carbocycles. The van der Waals surface area contributed by atoms with E-state index in [1.807, 2.05) is 5.38 Å². The van der Waals surface area contributed by atoms with Crippen molar-refractivity contribution in [1.82, 2.24) is 4.98 Å². The van der Waals surface area contributed by atoms with Crippen molar-refractivity contribution in [2.24, 2.45) is 0 Å². The van der Waals surface area contributed by atoms with Gasteiger partial charge in [-0.15, -0.1) is 0 Å². The Bertz CT molecular complexity index is 428. The number of rotatable bonds is 2. The summed E-state index contributed by atoms with van der Waals surface area (Å²) in [7, 11) is 0. The highest BCUT2D eigenvalue weighted by atomic mass is 32.1. The average molecular weight is 208 g/mol. The van der Waals surface area contributed by atoms with Gasteiger partial charge in [0, 0.05) is 17.6 Å². The molecule has 14 heavy (non-hydrogen) atoms. The van der Waals surface area contributed by atoms with Gasteiger partial charge in [0.1, 0.15) is 11.5 Å². The maximum Gasteiger partial charge on any atom is 0.278 e. The van der Waals surface area contributed by atoms with Crippen LogP contribution in [0.2, 0.25) is 0 Å². The van der Waals surface area contributed by atoms with E-state index in [9.17, 15) is 5.11 Å². The molecule has 0 bridgehead atoms. The summed E-state index contributed by atoms with van der Waals surface area (Å²) in [4.78, 5) is 3.96. The van der Waals surface area contributed by atoms with Crippen molar-refractivity contribution in [1.29, 1.82) is 0 Å². The number of benzene rings is 1. The SMILES string of the molecule is Nc1cc(Oc2nccs2)ccc1O. The largest absolute Gasteiger partial charge is 0.506 e. The molecule has 0 aliphatic heterocycles. The lowest BCUT2D eigenvalue weighted by molar-refractivity contribution is 0.465. The van der Waals surface area contributed by atoms with Gasteiger partial charge in [-0.3, -0.25) is 0 Å². The van der Waals surface area contributed by atoms with E-state index in [4.69, 9.17) is 10.5 Å². The molecule has 0 amide bonds. The minimum atomic E-state index is 0.0523. The molecule has 0 fully saturated rings. The molecule has 0 spiro atoms. The second-order valence-corrected chi connectivity index (χ2v) is 3.48. The molecule has 0 atom stereocenters. The molecule has 1 heterocycles. The number of nitrogens with zero attached hydrogens (tertiary/aromatic N) is 1. The van der Waals surface area contributed by atoms with Crippen LogP contribution in [0.5, 0.6) is 16.7 Å². The fourth-order valence-electron chi connectivity index (χ4n) is 0.958. The zero-order chi connectivity index (χ0) is 9.97. The summed E-state index contributed by atoms with van der Waals surface area (Å²) >= 11 is 1.39. The summed E-state index contributed by atoms with van der Waals surface area (Å²) in [6.45, 7) is 0. The number of aromatic hydroxyl groups is 1. The van der Waals surface area contributed by atoms with Crippen molar-refractivity contribution in [3.05, 3.63) is 29.8 Å². The van der Waals surface area contributed by atoms with E-state index in [0.29, 0.717) is 16.6 Å². The number of aromatic nitrogens is 1. The molecule has 1 aromatic heterocycles. The lowest BCUT2D eigenvalue weighted by Gasteiger charge is -2.03. The molecule has 0 saturated carbocycles. The molecule has 5 heteroatoms. The second-order valence-electron chi connectivity index (χ2n) is 2.62. The summed E-state index contributed by atoms with van der Waals surface area (Å²) in [5.41, 5.74) is 5.79. The Morgan fingerprint density at radius 2 is 2.29 bits per heavy atom. The van der Waals surface area contributed by atoms with Gasteiger partial charge in [0.15, 0.2) is 0 Å². The van der Waals surface area contributed by atoms with E-state index < -0.39 is 0 Å². The van der Waals surface area contributed by atoms with Gasteiger partial charge in [0.25, 0.3) is 5.19 Å². The molecule has 0 saturated heterocycles. The van der Waals surface area contributed by atoms with E-state index in [0.717, 1.165) is 0 Å². The Labute approximate surface area is 84.6 Å². The van der Waals surface area contributed by atoms with Crippen LogP contribution in [-0.2, 0) is 0 Å². The number of hydrogen-bond donors (Lipinski definition) is 2. The number of phenols is 1. The molecule has 2 rings (SSSR count). The number of ether oxygens (including phenoxy) is 1. The van der Waals surface area contributed by atoms with Crippen molar-refractivity contribution in [3.8, 4) is 16.7 Å². The lowest BCUT2D eigenvalue weighted by atomic mass is 10.3. The van der Waals surface area contributed by atoms with Crippen LogP contribution in [0.15, 0.2) is 29.8 Å². The van der Waals surface area contributed by atoms with E-state index in [-0.39, 0.29) is 5.75 Å². The van der Waals surface area contributed by atoms with Crippen molar-refractivity contribution >= 4 is 17.0 Å². The van der Waals surface area contributed by atoms with Gasteiger partial charge < -0.3 is 15.6 Å². The number of thiazole rings is 1. The third-order valence-corrected chi connectivity index (χ3v) is 2.26. The van der Waals surface area contributed by atoms with Crippen LogP contribution in [0.4, 0.5) is 5.69 Å². The monoisotopic (exact) mass is 208 g/mol. The van der Waals surface area contributed by atoms with Gasteiger partial charge in [-0.2, -0.15) is 0 Å². The van der Waals surface area contributed by atoms with Crippen molar-refractivity contribution in [3.63, 3.8) is 0 Å². The van der Waals surface area contributed by atoms with Crippen LogP contribution < -0.4 is 10.5 Å². The fourth-order valence-corrected chi connectivity index (χ4v) is 1.46. The highest BCUT2D eigenvalue weighted by Gasteiger charge is 2.02. The van der Waals surface area contributed by atoms with Gasteiger partial charge in [0.05, 0.1) is 5.69 Å². The van der Waals surface area contributed by atoms with Gasteiger partial charge in [-0.05, 0) is 12.1 Å². The second kappa shape index (κ2) is 3.55. The molecule has 4 nitrogen and oxygen atoms in total.